The van der Waals surface area contributed by atoms with Gasteiger partial charge in [-0.3, -0.25) is 0 Å². The minimum Gasteiger partial charge on any atom is -0.310 e. The Morgan fingerprint density at radius 1 is 0.328 bits per heavy atom. The summed E-state index contributed by atoms with van der Waals surface area (Å²) in [5.41, 5.74) is 23.8. The molecule has 4 aliphatic rings. The average molecular weight is 747 g/mol. The van der Waals surface area contributed by atoms with Gasteiger partial charge >= 0.3 is 0 Å². The number of hydrogen-bond donors (Lipinski definition) is 0. The van der Waals surface area contributed by atoms with Crippen LogP contribution in [0.4, 0.5) is 34.1 Å². The number of hydrogen-bond acceptors (Lipinski definition) is 2. The predicted octanol–water partition coefficient (Wildman–Crippen LogP) is 14.6. The molecule has 280 valence electrons. The molecule has 0 spiro atoms. The standard InChI is InChI=1S/C56H46N2/c1-55(2)45-31-32-46-54-44(42-28-26-40(34-48(42)56(46,3)4)58-51-19-11-7-15-37(51)23-24-38-16-8-12-20-52(38)58)30-29-43(53(45)54)41-27-25-39(33-47(41)55)57-49-17-9-5-13-35(49)21-22-36-14-6-10-18-50(36)57/h5-20,25-34H,21-24H2,1-4H3. The van der Waals surface area contributed by atoms with E-state index in [1.807, 2.05) is 0 Å². The second-order valence-corrected chi connectivity index (χ2v) is 18.0. The first kappa shape index (κ1) is 33.7. The molecule has 12 rings (SSSR count). The molecule has 0 unspecified atom stereocenters. The number of anilines is 6. The molecular formula is C56H46N2. The predicted molar refractivity (Wildman–Crippen MR) is 243 cm³/mol. The maximum Gasteiger partial charge on any atom is 0.0493 e. The highest BCUT2D eigenvalue weighted by atomic mass is 15.2. The number of rotatable bonds is 2. The van der Waals surface area contributed by atoms with E-state index in [2.05, 4.69) is 195 Å². The van der Waals surface area contributed by atoms with Crippen molar-refractivity contribution in [2.45, 2.75) is 64.2 Å². The molecule has 2 heteroatoms. The maximum absolute atomic E-state index is 2.51. The Hall–Kier alpha value is -6.38. The first-order valence-corrected chi connectivity index (χ1v) is 21.1. The summed E-state index contributed by atoms with van der Waals surface area (Å²) in [6, 6.07) is 60.3. The highest BCUT2D eigenvalue weighted by molar-refractivity contribution is 6.13. The molecule has 0 aromatic heterocycles. The Kier molecular flexibility index (Phi) is 7.02. The largest absolute Gasteiger partial charge is 0.310 e. The van der Waals surface area contributed by atoms with Crippen molar-refractivity contribution in [1.29, 1.82) is 0 Å². The Morgan fingerprint density at radius 3 is 0.983 bits per heavy atom. The maximum atomic E-state index is 2.51. The second kappa shape index (κ2) is 12.1. The molecule has 0 saturated carbocycles. The molecule has 0 radical (unpaired) electrons. The van der Waals surface area contributed by atoms with E-state index < -0.39 is 0 Å². The van der Waals surface area contributed by atoms with Crippen LogP contribution in [0.3, 0.4) is 0 Å². The average Bonchev–Trinajstić information content (AvgIpc) is 3.53. The first-order chi connectivity index (χ1) is 28.3. The molecule has 58 heavy (non-hydrogen) atoms. The number of aryl methyl sites for hydroxylation is 4. The lowest BCUT2D eigenvalue weighted by Gasteiger charge is -2.41. The fourth-order valence-corrected chi connectivity index (χ4v) is 11.2. The fourth-order valence-electron chi connectivity index (χ4n) is 11.2. The Labute approximate surface area is 342 Å². The van der Waals surface area contributed by atoms with Crippen LogP contribution in [-0.2, 0) is 36.5 Å². The van der Waals surface area contributed by atoms with E-state index in [0.29, 0.717) is 0 Å². The van der Waals surface area contributed by atoms with Crippen molar-refractivity contribution in [2.75, 3.05) is 9.80 Å². The number of nitrogens with zero attached hydrogens (tertiary/aromatic N) is 2. The molecule has 2 aliphatic heterocycles. The van der Waals surface area contributed by atoms with Crippen molar-refractivity contribution in [3.63, 3.8) is 0 Å². The van der Waals surface area contributed by atoms with Gasteiger partial charge in [0.15, 0.2) is 0 Å². The van der Waals surface area contributed by atoms with Crippen LogP contribution in [0, 0.1) is 0 Å². The zero-order chi connectivity index (χ0) is 38.9. The zero-order valence-electron chi connectivity index (χ0n) is 33.7. The summed E-state index contributed by atoms with van der Waals surface area (Å²) in [5.74, 6) is 0. The first-order valence-electron chi connectivity index (χ1n) is 21.1. The van der Waals surface area contributed by atoms with Gasteiger partial charge in [0.05, 0.1) is 0 Å². The van der Waals surface area contributed by atoms with Gasteiger partial charge in [0.2, 0.25) is 0 Å². The van der Waals surface area contributed by atoms with E-state index in [9.17, 15) is 0 Å². The third-order valence-electron chi connectivity index (χ3n) is 14.2. The van der Waals surface area contributed by atoms with Crippen LogP contribution >= 0.6 is 0 Å². The quantitative estimate of drug-likeness (QED) is 0.174. The van der Waals surface area contributed by atoms with Gasteiger partial charge in [-0.1, -0.05) is 137 Å². The fraction of sp³-hybridized carbons (Fsp3) is 0.179. The van der Waals surface area contributed by atoms with Gasteiger partial charge in [0, 0.05) is 45.0 Å². The number of benzene rings is 8. The molecular weight excluding hydrogens is 701 g/mol. The molecule has 0 bridgehead atoms. The minimum atomic E-state index is -0.206. The molecule has 0 atom stereocenters. The molecule has 2 aliphatic carbocycles. The van der Waals surface area contributed by atoms with E-state index in [4.69, 9.17) is 0 Å². The summed E-state index contributed by atoms with van der Waals surface area (Å²) in [4.78, 5) is 5.03. The van der Waals surface area contributed by atoms with Gasteiger partial charge in [-0.2, -0.15) is 0 Å². The molecule has 2 nitrogen and oxygen atoms in total. The normalized spacial score (nSPS) is 16.2. The van der Waals surface area contributed by atoms with Crippen molar-refractivity contribution in [3.05, 3.63) is 202 Å². The van der Waals surface area contributed by atoms with E-state index in [1.54, 1.807) is 0 Å². The molecule has 8 aromatic rings. The van der Waals surface area contributed by atoms with Crippen molar-refractivity contribution >= 4 is 44.9 Å². The highest BCUT2D eigenvalue weighted by Gasteiger charge is 2.40. The SMILES string of the molecule is CC1(C)c2cc(N3c4ccccc4CCc4ccccc43)ccc2-c2ccc3c4c(ccc1c24)C(C)(C)c1cc(N2c4ccccc4CCc4ccccc42)ccc1-3. The van der Waals surface area contributed by atoms with Crippen LogP contribution in [0.25, 0.3) is 33.0 Å². The lowest BCUT2D eigenvalue weighted by atomic mass is 9.63. The van der Waals surface area contributed by atoms with Crippen LogP contribution in [0.15, 0.2) is 158 Å². The van der Waals surface area contributed by atoms with E-state index >= 15 is 0 Å². The Balaban J connectivity index is 1.03. The van der Waals surface area contributed by atoms with Crippen LogP contribution in [-0.4, -0.2) is 0 Å². The molecule has 0 N–H and O–H groups in total. The van der Waals surface area contributed by atoms with Gasteiger partial charge in [-0.25, -0.2) is 0 Å². The van der Waals surface area contributed by atoms with Crippen molar-refractivity contribution in [1.82, 2.24) is 0 Å². The second-order valence-electron chi connectivity index (χ2n) is 18.0. The Morgan fingerprint density at radius 2 is 0.638 bits per heavy atom. The highest BCUT2D eigenvalue weighted by Crippen LogP contribution is 2.58. The monoisotopic (exact) mass is 746 g/mol. The minimum absolute atomic E-state index is 0.206. The third kappa shape index (κ3) is 4.60. The lowest BCUT2D eigenvalue weighted by molar-refractivity contribution is 0.633. The molecule has 8 aromatic carbocycles. The van der Waals surface area contributed by atoms with Crippen molar-refractivity contribution < 1.29 is 0 Å². The molecule has 0 saturated heterocycles. The summed E-state index contributed by atoms with van der Waals surface area (Å²) in [7, 11) is 0. The summed E-state index contributed by atoms with van der Waals surface area (Å²) in [5, 5.41) is 2.84. The summed E-state index contributed by atoms with van der Waals surface area (Å²) in [6.07, 6.45) is 4.17. The van der Waals surface area contributed by atoms with Crippen molar-refractivity contribution in [2.24, 2.45) is 0 Å². The molecule has 0 fully saturated rings. The van der Waals surface area contributed by atoms with Crippen molar-refractivity contribution in [3.8, 4) is 22.3 Å². The van der Waals surface area contributed by atoms with Crippen LogP contribution in [0.1, 0.15) is 72.2 Å². The summed E-state index contributed by atoms with van der Waals surface area (Å²) < 4.78 is 0. The van der Waals surface area contributed by atoms with Gasteiger partial charge in [-0.15, -0.1) is 0 Å². The third-order valence-corrected chi connectivity index (χ3v) is 14.2. The zero-order valence-corrected chi connectivity index (χ0v) is 33.7. The van der Waals surface area contributed by atoms with E-state index in [-0.39, 0.29) is 10.8 Å². The van der Waals surface area contributed by atoms with Crippen LogP contribution in [0.2, 0.25) is 0 Å². The van der Waals surface area contributed by atoms with Gasteiger partial charge in [-0.05, 0) is 152 Å². The smallest absolute Gasteiger partial charge is 0.0493 e. The van der Waals surface area contributed by atoms with Gasteiger partial charge in [0.1, 0.15) is 0 Å². The summed E-state index contributed by atoms with van der Waals surface area (Å²) in [6.45, 7) is 9.77. The van der Waals surface area contributed by atoms with Crippen LogP contribution < -0.4 is 9.80 Å². The van der Waals surface area contributed by atoms with Crippen LogP contribution in [0.5, 0.6) is 0 Å². The lowest BCUT2D eigenvalue weighted by Crippen LogP contribution is -2.28. The molecule has 2 heterocycles. The number of para-hydroxylation sites is 4. The van der Waals surface area contributed by atoms with E-state index in [1.165, 1.54) is 112 Å². The molecule has 0 amide bonds. The summed E-state index contributed by atoms with van der Waals surface area (Å²) >= 11 is 0. The number of fused-ring (bicyclic) bond motifs is 8. The Bertz CT molecular complexity index is 2740. The van der Waals surface area contributed by atoms with E-state index in [0.717, 1.165) is 25.7 Å². The topological polar surface area (TPSA) is 6.48 Å². The van der Waals surface area contributed by atoms with Gasteiger partial charge < -0.3 is 9.80 Å². The van der Waals surface area contributed by atoms with Gasteiger partial charge in [0.25, 0.3) is 0 Å².